The Labute approximate surface area is 546 Å². The summed E-state index contributed by atoms with van der Waals surface area (Å²) in [6.45, 7) is 17.3. The molecule has 88 heavy (non-hydrogen) atoms. The van der Waals surface area contributed by atoms with Crippen molar-refractivity contribution in [2.24, 2.45) is 9.98 Å². The Morgan fingerprint density at radius 1 is 0.375 bits per heavy atom. The van der Waals surface area contributed by atoms with Gasteiger partial charge in [0.2, 0.25) is 0 Å². The van der Waals surface area contributed by atoms with Crippen LogP contribution in [0.2, 0.25) is 0 Å². The maximum absolute atomic E-state index is 4.83. The number of nitrogens with zero attached hydrogens (tertiary/aromatic N) is 10. The minimum Gasteiger partial charge on any atom is -0.478 e. The molecule has 0 aliphatic carbocycles. The second kappa shape index (κ2) is 30.2. The van der Waals surface area contributed by atoms with Gasteiger partial charge in [-0.3, -0.25) is 0 Å². The van der Waals surface area contributed by atoms with E-state index in [0.29, 0.717) is 0 Å². The van der Waals surface area contributed by atoms with Crippen molar-refractivity contribution in [3.63, 3.8) is 0 Å². The number of hydrogen-bond donors (Lipinski definition) is 0. The standard InChI is InChI=1S/2C25H21N3.2C13H11N2.2Pt/c2*1-17-13-18(2)23(19(3)14-17)28-16-27(21-10-5-4-6-11-21)25-24(28)22-12-8-7-9-20(22)15-26-25;2*1-3-7-12(8-4-1)14-11-15-13-9-5-2-6-10-13;;/h2*4-10,12-16H,1-3H3;2*1-11H;;/q2*-2;2*-1;;. The molecule has 0 saturated heterocycles. The first kappa shape index (κ1) is 63.1. The molecule has 12 heteroatoms. The molecule has 0 radical (unpaired) electrons. The number of benzene rings is 10. The van der Waals surface area contributed by atoms with Crippen molar-refractivity contribution >= 4 is 103 Å². The van der Waals surface area contributed by atoms with Crippen molar-refractivity contribution in [1.29, 1.82) is 0 Å². The number of aryl methyl sites for hydroxylation is 6. The van der Waals surface area contributed by atoms with Gasteiger partial charge in [-0.1, -0.05) is 218 Å². The van der Waals surface area contributed by atoms with Crippen LogP contribution in [-0.2, 0) is 42.1 Å². The van der Waals surface area contributed by atoms with E-state index < -0.39 is 0 Å². The third-order valence-corrected chi connectivity index (χ3v) is 14.4. The first-order chi connectivity index (χ1) is 42.2. The van der Waals surface area contributed by atoms with Crippen molar-refractivity contribution in [2.45, 2.75) is 41.5 Å². The largest absolute Gasteiger partial charge is 0.478 e. The Hall–Kier alpha value is -9.46. The SMILES string of the molecule is C(=Nc1ccccc1)[N-]c1ccccc1.C(=Nc1ccccc1)[N-]c1ccccc1.Cc1cc(C)c(N2[CH-]N(c3[c-]cccc3)c3ncc4ccccc4c32)c(C)c1.Cc1cc(C)c(N2[CH-]N(c3[c-]cccc3)c3ncc4ccccc4c32)c(C)c1.[Pt].[Pt]. The zero-order chi connectivity index (χ0) is 59.2. The monoisotopic (exact) mass is 1510 g/mol. The Kier molecular flexibility index (Phi) is 21.7. The molecule has 2 aliphatic rings. The number of aromatic nitrogens is 2. The molecule has 0 unspecified atom stereocenters. The van der Waals surface area contributed by atoms with Gasteiger partial charge in [-0.2, -0.15) is 60.7 Å². The van der Waals surface area contributed by atoms with Crippen molar-refractivity contribution in [3.05, 3.63) is 325 Å². The van der Waals surface area contributed by atoms with Crippen LogP contribution in [0.3, 0.4) is 0 Å². The summed E-state index contributed by atoms with van der Waals surface area (Å²) < 4.78 is 0. The van der Waals surface area contributed by atoms with Crippen LogP contribution in [-0.4, -0.2) is 22.6 Å². The summed E-state index contributed by atoms with van der Waals surface area (Å²) in [4.78, 5) is 26.9. The number of para-hydroxylation sites is 6. The fourth-order valence-corrected chi connectivity index (χ4v) is 10.8. The first-order valence-corrected chi connectivity index (χ1v) is 28.6. The Morgan fingerprint density at radius 3 is 1.06 bits per heavy atom. The van der Waals surface area contributed by atoms with Gasteiger partial charge in [0.05, 0.1) is 11.4 Å². The van der Waals surface area contributed by atoms with Crippen LogP contribution >= 0.6 is 0 Å². The number of rotatable bonds is 10. The van der Waals surface area contributed by atoms with E-state index in [-0.39, 0.29) is 42.1 Å². The van der Waals surface area contributed by atoms with Crippen molar-refractivity contribution in [3.8, 4) is 0 Å². The van der Waals surface area contributed by atoms with Crippen molar-refractivity contribution in [2.75, 3.05) is 19.6 Å². The predicted molar refractivity (Wildman–Crippen MR) is 361 cm³/mol. The van der Waals surface area contributed by atoms with Crippen molar-refractivity contribution in [1.82, 2.24) is 9.97 Å². The summed E-state index contributed by atoms with van der Waals surface area (Å²) in [5.41, 5.74) is 17.9. The van der Waals surface area contributed by atoms with Gasteiger partial charge in [-0.05, 0) is 86.5 Å². The average molecular weight is 1510 g/mol. The zero-order valence-electron chi connectivity index (χ0n) is 49.7. The fourth-order valence-electron chi connectivity index (χ4n) is 10.8. The minimum atomic E-state index is 0. The summed E-state index contributed by atoms with van der Waals surface area (Å²) in [5.74, 6) is 1.86. The molecule has 0 N–H and O–H groups in total. The topological polar surface area (TPSA) is 91.7 Å². The normalized spacial score (nSPS) is 12.0. The van der Waals surface area contributed by atoms with Crippen LogP contribution in [0.15, 0.2) is 265 Å². The second-order valence-corrected chi connectivity index (χ2v) is 20.8. The maximum atomic E-state index is 4.83. The molecule has 0 atom stereocenters. The third kappa shape index (κ3) is 15.0. The molecule has 10 nitrogen and oxygen atoms in total. The molecule has 0 fully saturated rings. The summed E-state index contributed by atoms with van der Waals surface area (Å²) >= 11 is 0. The summed E-state index contributed by atoms with van der Waals surface area (Å²) in [6.07, 6.45) is 7.06. The average Bonchev–Trinajstić information content (AvgIpc) is 1.87. The minimum absolute atomic E-state index is 0. The Balaban J connectivity index is 0.000000144. The van der Waals surface area contributed by atoms with Crippen LogP contribution in [0.4, 0.5) is 68.5 Å². The first-order valence-electron chi connectivity index (χ1n) is 28.6. The maximum Gasteiger partial charge on any atom is 0.125 e. The Morgan fingerprint density at radius 2 is 0.705 bits per heavy atom. The van der Waals surface area contributed by atoms with Gasteiger partial charge in [-0.15, -0.1) is 24.7 Å². The van der Waals surface area contributed by atoms with E-state index >= 15 is 0 Å². The van der Waals surface area contributed by atoms with E-state index in [0.717, 1.165) is 67.9 Å². The molecule has 10 aromatic carbocycles. The van der Waals surface area contributed by atoms with Gasteiger partial charge in [0.15, 0.2) is 0 Å². The summed E-state index contributed by atoms with van der Waals surface area (Å²) in [7, 11) is 0. The van der Waals surface area contributed by atoms with E-state index in [2.05, 4.69) is 192 Å². The number of hydrogen-bond acceptors (Lipinski definition) is 8. The van der Waals surface area contributed by atoms with Crippen molar-refractivity contribution < 1.29 is 42.1 Å². The molecule has 0 bridgehead atoms. The third-order valence-electron chi connectivity index (χ3n) is 14.4. The molecule has 2 aliphatic heterocycles. The van der Waals surface area contributed by atoms with Crippen LogP contribution in [0.25, 0.3) is 32.2 Å². The predicted octanol–water partition coefficient (Wildman–Crippen LogP) is 20.8. The summed E-state index contributed by atoms with van der Waals surface area (Å²) in [5, 5.41) is 13.1. The van der Waals surface area contributed by atoms with Gasteiger partial charge >= 0.3 is 0 Å². The fraction of sp³-hybridized carbons (Fsp3) is 0.0789. The quantitative estimate of drug-likeness (QED) is 0.0770. The molecular formula is C76H64N10Pt2-6. The molecule has 2 aromatic heterocycles. The number of anilines is 8. The van der Waals surface area contributed by atoms with E-state index in [1.165, 1.54) is 55.5 Å². The smallest absolute Gasteiger partial charge is 0.125 e. The molecule has 0 saturated carbocycles. The molecular weight excluding hydrogens is 1440 g/mol. The molecule has 0 amide bonds. The van der Waals surface area contributed by atoms with Gasteiger partial charge in [0.25, 0.3) is 0 Å². The van der Waals surface area contributed by atoms with Crippen LogP contribution in [0.5, 0.6) is 0 Å². The van der Waals surface area contributed by atoms with Gasteiger partial charge in [-0.25, -0.2) is 9.97 Å². The molecule has 4 heterocycles. The molecule has 444 valence electrons. The van der Waals surface area contributed by atoms with Crippen LogP contribution < -0.4 is 19.6 Å². The molecule has 0 spiro atoms. The van der Waals surface area contributed by atoms with E-state index in [1.54, 1.807) is 12.7 Å². The van der Waals surface area contributed by atoms with E-state index in [1.807, 2.05) is 170 Å². The Bertz CT molecular complexity index is 3950. The van der Waals surface area contributed by atoms with Gasteiger partial charge < -0.3 is 40.2 Å². The van der Waals surface area contributed by atoms with E-state index in [4.69, 9.17) is 9.97 Å². The second-order valence-electron chi connectivity index (χ2n) is 20.8. The van der Waals surface area contributed by atoms with Crippen LogP contribution in [0, 0.1) is 67.0 Å². The van der Waals surface area contributed by atoms with Gasteiger partial charge in [0, 0.05) is 87.4 Å². The molecule has 12 aromatic rings. The summed E-state index contributed by atoms with van der Waals surface area (Å²) in [6, 6.07) is 87.6. The van der Waals surface area contributed by atoms with Crippen LogP contribution in [0.1, 0.15) is 33.4 Å². The zero-order valence-corrected chi connectivity index (χ0v) is 54.2. The van der Waals surface area contributed by atoms with E-state index in [9.17, 15) is 0 Å². The molecule has 14 rings (SSSR count). The number of fused-ring (bicyclic) bond motifs is 6. The number of aliphatic imine (C=N–C) groups is 2. The number of pyridine rings is 2. The van der Waals surface area contributed by atoms with Gasteiger partial charge in [0.1, 0.15) is 11.6 Å².